The van der Waals surface area contributed by atoms with E-state index in [0.717, 1.165) is 6.07 Å². The van der Waals surface area contributed by atoms with Gasteiger partial charge < -0.3 is 19.8 Å². The molecule has 38 heavy (non-hydrogen) atoms. The van der Waals surface area contributed by atoms with Crippen LogP contribution in [0.3, 0.4) is 0 Å². The first-order valence-electron chi connectivity index (χ1n) is 12.5. The standard InChI is InChI=1S/C28H30ClF3N2O4/c1-38-19-4-5-23-20(15-19)25(21(29)16-33-23)24(35)6-7-28(27(36)37)8-11-34(12-9-28)10-2-3-17-13-18(30)14-22(31)26(17)32/h4-5,13-16,24,35H,2-3,6-12H2,1H3,(H,36,37)/t24-/m1/s1. The lowest BCUT2D eigenvalue weighted by Gasteiger charge is -2.39. The number of pyridine rings is 1. The molecule has 2 heterocycles. The van der Waals surface area contributed by atoms with Gasteiger partial charge in [0.25, 0.3) is 0 Å². The van der Waals surface area contributed by atoms with Crippen molar-refractivity contribution in [2.24, 2.45) is 5.41 Å². The van der Waals surface area contributed by atoms with Crippen molar-refractivity contribution < 1.29 is 32.9 Å². The molecule has 10 heteroatoms. The molecule has 204 valence electrons. The number of hydrogen-bond acceptors (Lipinski definition) is 5. The Labute approximate surface area is 224 Å². The molecule has 6 nitrogen and oxygen atoms in total. The van der Waals surface area contributed by atoms with Crippen molar-refractivity contribution in [2.75, 3.05) is 26.7 Å². The van der Waals surface area contributed by atoms with Gasteiger partial charge in [0.05, 0.1) is 29.2 Å². The minimum absolute atomic E-state index is 0.00621. The fourth-order valence-electron chi connectivity index (χ4n) is 5.25. The van der Waals surface area contributed by atoms with Crippen molar-refractivity contribution in [3.8, 4) is 5.75 Å². The fourth-order valence-corrected chi connectivity index (χ4v) is 5.53. The van der Waals surface area contributed by atoms with Gasteiger partial charge in [-0.05, 0) is 88.0 Å². The van der Waals surface area contributed by atoms with Crippen molar-refractivity contribution >= 4 is 28.5 Å². The molecule has 0 saturated carbocycles. The summed E-state index contributed by atoms with van der Waals surface area (Å²) in [6.07, 6.45) is 2.38. The summed E-state index contributed by atoms with van der Waals surface area (Å²) in [5.74, 6) is -3.37. The van der Waals surface area contributed by atoms with Gasteiger partial charge in [-0.2, -0.15) is 0 Å². The molecule has 4 rings (SSSR count). The summed E-state index contributed by atoms with van der Waals surface area (Å²) in [6.45, 7) is 1.58. The first-order chi connectivity index (χ1) is 18.1. The van der Waals surface area contributed by atoms with Crippen LogP contribution >= 0.6 is 11.6 Å². The van der Waals surface area contributed by atoms with E-state index in [0.29, 0.717) is 72.2 Å². The Morgan fingerprint density at radius 3 is 2.63 bits per heavy atom. The lowest BCUT2D eigenvalue weighted by molar-refractivity contribution is -0.153. The number of aliphatic carboxylic acids is 1. The van der Waals surface area contributed by atoms with E-state index in [-0.39, 0.29) is 24.8 Å². The first kappa shape index (κ1) is 28.1. The van der Waals surface area contributed by atoms with Gasteiger partial charge in [0, 0.05) is 23.2 Å². The van der Waals surface area contributed by atoms with Crippen molar-refractivity contribution in [2.45, 2.75) is 44.6 Å². The summed E-state index contributed by atoms with van der Waals surface area (Å²) in [7, 11) is 1.54. The molecule has 0 amide bonds. The predicted molar refractivity (Wildman–Crippen MR) is 138 cm³/mol. The zero-order valence-electron chi connectivity index (χ0n) is 21.0. The largest absolute Gasteiger partial charge is 0.497 e. The number of aliphatic hydroxyl groups is 1. The van der Waals surface area contributed by atoms with Crippen molar-refractivity contribution in [3.63, 3.8) is 0 Å². The van der Waals surface area contributed by atoms with Crippen LogP contribution in [0.25, 0.3) is 10.9 Å². The number of fused-ring (bicyclic) bond motifs is 1. The third-order valence-corrected chi connectivity index (χ3v) is 7.85. The highest BCUT2D eigenvalue weighted by molar-refractivity contribution is 6.32. The molecule has 1 atom stereocenters. The van der Waals surface area contributed by atoms with E-state index in [4.69, 9.17) is 16.3 Å². The second kappa shape index (κ2) is 11.9. The molecule has 1 aromatic heterocycles. The molecule has 2 N–H and O–H groups in total. The van der Waals surface area contributed by atoms with E-state index in [2.05, 4.69) is 9.88 Å². The van der Waals surface area contributed by atoms with Crippen molar-refractivity contribution in [1.82, 2.24) is 9.88 Å². The van der Waals surface area contributed by atoms with Gasteiger partial charge in [0.2, 0.25) is 0 Å². The smallest absolute Gasteiger partial charge is 0.309 e. The highest BCUT2D eigenvalue weighted by Crippen LogP contribution is 2.41. The number of carboxylic acid groups (broad SMARTS) is 1. The number of aliphatic hydroxyl groups excluding tert-OH is 1. The van der Waals surface area contributed by atoms with E-state index < -0.39 is 34.9 Å². The Morgan fingerprint density at radius 1 is 1.21 bits per heavy atom. The molecule has 0 unspecified atom stereocenters. The highest BCUT2D eigenvalue weighted by atomic mass is 35.5. The molecule has 1 aliphatic heterocycles. The zero-order valence-corrected chi connectivity index (χ0v) is 21.8. The summed E-state index contributed by atoms with van der Waals surface area (Å²) in [4.78, 5) is 18.7. The zero-order chi connectivity index (χ0) is 27.4. The molecule has 0 spiro atoms. The monoisotopic (exact) mass is 550 g/mol. The number of aryl methyl sites for hydroxylation is 1. The van der Waals surface area contributed by atoms with E-state index in [1.54, 1.807) is 18.2 Å². The Hall–Kier alpha value is -2.88. The van der Waals surface area contributed by atoms with Gasteiger partial charge in [-0.25, -0.2) is 13.2 Å². The van der Waals surface area contributed by atoms with Gasteiger partial charge >= 0.3 is 5.97 Å². The van der Waals surface area contributed by atoms with Gasteiger partial charge in [0.15, 0.2) is 11.6 Å². The number of hydrogen-bond donors (Lipinski definition) is 2. The average Bonchev–Trinajstić information content (AvgIpc) is 2.90. The maximum absolute atomic E-state index is 13.9. The number of benzene rings is 2. The van der Waals surface area contributed by atoms with Crippen LogP contribution in [-0.4, -0.2) is 52.8 Å². The average molecular weight is 551 g/mol. The number of methoxy groups -OCH3 is 1. The number of ether oxygens (including phenoxy) is 1. The molecule has 0 bridgehead atoms. The summed E-state index contributed by atoms with van der Waals surface area (Å²) in [6, 6.07) is 6.81. The molecular formula is C28H30ClF3N2O4. The number of piperidine rings is 1. The number of nitrogens with zero attached hydrogens (tertiary/aromatic N) is 2. The summed E-state index contributed by atoms with van der Waals surface area (Å²) < 4.78 is 46.0. The van der Waals surface area contributed by atoms with Crippen LogP contribution in [0.1, 0.15) is 49.3 Å². The molecule has 1 fully saturated rings. The summed E-state index contributed by atoms with van der Waals surface area (Å²) in [5.41, 5.74) is 0.136. The molecule has 2 aromatic carbocycles. The second-order valence-electron chi connectivity index (χ2n) is 9.85. The molecule has 3 aromatic rings. The van der Waals surface area contributed by atoms with Crippen LogP contribution in [0.5, 0.6) is 5.75 Å². The SMILES string of the molecule is COc1ccc2ncc(Cl)c([C@H](O)CCC3(C(=O)O)CCN(CCCc4cc(F)cc(F)c4F)CC3)c2c1. The van der Waals surface area contributed by atoms with Crippen LogP contribution in [0.2, 0.25) is 5.02 Å². The number of aromatic nitrogens is 1. The summed E-state index contributed by atoms with van der Waals surface area (Å²) >= 11 is 6.40. The van der Waals surface area contributed by atoms with Crippen LogP contribution in [0.4, 0.5) is 13.2 Å². The van der Waals surface area contributed by atoms with E-state index in [9.17, 15) is 28.2 Å². The molecule has 1 aliphatic rings. The maximum atomic E-state index is 13.9. The number of carbonyl (C=O) groups is 1. The first-order valence-corrected chi connectivity index (χ1v) is 12.9. The van der Waals surface area contributed by atoms with Gasteiger partial charge in [-0.15, -0.1) is 0 Å². The Balaban J connectivity index is 1.37. The summed E-state index contributed by atoms with van der Waals surface area (Å²) in [5, 5.41) is 22.1. The van der Waals surface area contributed by atoms with Gasteiger partial charge in [-0.1, -0.05) is 11.6 Å². The molecule has 1 saturated heterocycles. The molecular weight excluding hydrogens is 521 g/mol. The third-order valence-electron chi connectivity index (χ3n) is 7.55. The van der Waals surface area contributed by atoms with Crippen LogP contribution in [0.15, 0.2) is 36.5 Å². The highest BCUT2D eigenvalue weighted by Gasteiger charge is 2.41. The second-order valence-corrected chi connectivity index (χ2v) is 10.3. The fraction of sp³-hybridized carbons (Fsp3) is 0.429. The number of halogens is 4. The van der Waals surface area contributed by atoms with E-state index >= 15 is 0 Å². The molecule has 0 aliphatic carbocycles. The lowest BCUT2D eigenvalue weighted by Crippen LogP contribution is -2.44. The van der Waals surface area contributed by atoms with E-state index in [1.165, 1.54) is 13.3 Å². The van der Waals surface area contributed by atoms with E-state index in [1.807, 2.05) is 0 Å². The van der Waals surface area contributed by atoms with Crippen molar-refractivity contribution in [1.29, 1.82) is 0 Å². The minimum Gasteiger partial charge on any atom is -0.497 e. The predicted octanol–water partition coefficient (Wildman–Crippen LogP) is 5.93. The van der Waals surface area contributed by atoms with Crippen LogP contribution in [0, 0.1) is 22.9 Å². The van der Waals surface area contributed by atoms with Crippen LogP contribution in [-0.2, 0) is 11.2 Å². The Morgan fingerprint density at radius 2 is 1.95 bits per heavy atom. The van der Waals surface area contributed by atoms with Crippen LogP contribution < -0.4 is 4.74 Å². The van der Waals surface area contributed by atoms with Crippen molar-refractivity contribution in [3.05, 3.63) is 70.1 Å². The number of carboxylic acids is 1. The third kappa shape index (κ3) is 6.06. The maximum Gasteiger partial charge on any atom is 0.309 e. The number of rotatable bonds is 10. The van der Waals surface area contributed by atoms with Gasteiger partial charge in [0.1, 0.15) is 11.6 Å². The quantitative estimate of drug-likeness (QED) is 0.305. The Kier molecular flexibility index (Phi) is 8.80. The number of likely N-dealkylation sites (tertiary alicyclic amines) is 1. The minimum atomic E-state index is -1.20. The van der Waals surface area contributed by atoms with Gasteiger partial charge in [-0.3, -0.25) is 9.78 Å². The molecule has 0 radical (unpaired) electrons. The topological polar surface area (TPSA) is 82.9 Å². The lowest BCUT2D eigenvalue weighted by atomic mass is 9.74. The Bertz CT molecular complexity index is 1310. The normalized spacial score (nSPS) is 16.5.